The number of nitrogens with zero attached hydrogens (tertiary/aromatic N) is 2. The van der Waals surface area contributed by atoms with Gasteiger partial charge in [-0.1, -0.05) is 0 Å². The Morgan fingerprint density at radius 3 is 2.33 bits per heavy atom. The zero-order valence-corrected chi connectivity index (χ0v) is 7.97. The molecule has 0 aromatic carbocycles. The second-order valence-corrected chi connectivity index (χ2v) is 3.02. The first-order valence-electron chi connectivity index (χ1n) is 3.42. The lowest BCUT2D eigenvalue weighted by Crippen LogP contribution is -2.23. The number of hydrogen-bond acceptors (Lipinski definition) is 3. The second-order valence-electron chi connectivity index (χ2n) is 2.65. The molecule has 0 atom stereocenters. The molecule has 66 valence electrons. The van der Waals surface area contributed by atoms with Crippen molar-refractivity contribution in [1.29, 1.82) is 0 Å². The Bertz CT molecular complexity index is 393. The minimum atomic E-state index is -0.254. The Balaban J connectivity index is 3.86. The SMILES string of the molecule is Cc1c(O)n(C)c(=S)n(C)c1=O. The van der Waals surface area contributed by atoms with Crippen LogP contribution >= 0.6 is 12.2 Å². The van der Waals surface area contributed by atoms with Crippen molar-refractivity contribution in [2.24, 2.45) is 14.1 Å². The molecule has 5 heteroatoms. The fraction of sp³-hybridized carbons (Fsp3) is 0.429. The van der Waals surface area contributed by atoms with Gasteiger partial charge in [-0.15, -0.1) is 0 Å². The van der Waals surface area contributed by atoms with Crippen LogP contribution < -0.4 is 5.56 Å². The first-order valence-corrected chi connectivity index (χ1v) is 3.83. The van der Waals surface area contributed by atoms with Gasteiger partial charge in [0.25, 0.3) is 5.56 Å². The van der Waals surface area contributed by atoms with E-state index in [0.29, 0.717) is 10.3 Å². The van der Waals surface area contributed by atoms with E-state index in [4.69, 9.17) is 12.2 Å². The van der Waals surface area contributed by atoms with Crippen molar-refractivity contribution < 1.29 is 5.11 Å². The summed E-state index contributed by atoms with van der Waals surface area (Å²) in [6.07, 6.45) is 0. The van der Waals surface area contributed by atoms with Crippen molar-refractivity contribution in [2.45, 2.75) is 6.92 Å². The van der Waals surface area contributed by atoms with Gasteiger partial charge in [0.2, 0.25) is 5.88 Å². The molecule has 0 unspecified atom stereocenters. The molecule has 12 heavy (non-hydrogen) atoms. The maximum Gasteiger partial charge on any atom is 0.260 e. The Labute approximate surface area is 74.7 Å². The van der Waals surface area contributed by atoms with Gasteiger partial charge in [0, 0.05) is 14.1 Å². The minimum Gasteiger partial charge on any atom is -0.494 e. The van der Waals surface area contributed by atoms with Crippen LogP contribution in [0.1, 0.15) is 5.56 Å². The van der Waals surface area contributed by atoms with Gasteiger partial charge in [-0.2, -0.15) is 0 Å². The molecular formula is C7H10N2O2S. The van der Waals surface area contributed by atoms with E-state index in [2.05, 4.69) is 0 Å². The average Bonchev–Trinajstić information content (AvgIpc) is 2.08. The molecule has 0 aliphatic heterocycles. The Morgan fingerprint density at radius 1 is 1.33 bits per heavy atom. The standard InChI is InChI=1S/C7H10N2O2S/c1-4-5(10)8(2)7(12)9(3)6(4)11/h10H,1-3H3. The van der Waals surface area contributed by atoms with E-state index >= 15 is 0 Å². The molecule has 1 aromatic rings. The quantitative estimate of drug-likeness (QED) is 0.599. The Morgan fingerprint density at radius 2 is 1.83 bits per heavy atom. The molecule has 1 N–H and O–H groups in total. The molecule has 0 radical (unpaired) electrons. The fourth-order valence-corrected chi connectivity index (χ4v) is 1.17. The van der Waals surface area contributed by atoms with Crippen LogP contribution in [0.5, 0.6) is 5.88 Å². The summed E-state index contributed by atoms with van der Waals surface area (Å²) >= 11 is 4.89. The first-order chi connectivity index (χ1) is 5.46. The second kappa shape index (κ2) is 2.75. The summed E-state index contributed by atoms with van der Waals surface area (Å²) < 4.78 is 3.03. The largest absolute Gasteiger partial charge is 0.494 e. The number of aromatic nitrogens is 2. The van der Waals surface area contributed by atoms with Gasteiger partial charge in [0.15, 0.2) is 4.77 Å². The fourth-order valence-electron chi connectivity index (χ4n) is 1.00. The van der Waals surface area contributed by atoms with Gasteiger partial charge in [0.1, 0.15) is 0 Å². The van der Waals surface area contributed by atoms with Gasteiger partial charge in [-0.25, -0.2) is 0 Å². The monoisotopic (exact) mass is 186 g/mol. The average molecular weight is 186 g/mol. The van der Waals surface area contributed by atoms with Crippen LogP contribution in [0, 0.1) is 11.7 Å². The van der Waals surface area contributed by atoms with E-state index in [0.717, 1.165) is 0 Å². The Hall–Kier alpha value is -1.10. The molecule has 0 aliphatic rings. The zero-order valence-electron chi connectivity index (χ0n) is 7.16. The molecule has 1 heterocycles. The van der Waals surface area contributed by atoms with E-state index in [1.54, 1.807) is 21.0 Å². The van der Waals surface area contributed by atoms with Crippen molar-refractivity contribution >= 4 is 12.2 Å². The van der Waals surface area contributed by atoms with Gasteiger partial charge in [-0.05, 0) is 19.1 Å². The van der Waals surface area contributed by atoms with Crippen LogP contribution in [0.2, 0.25) is 0 Å². The molecular weight excluding hydrogens is 176 g/mol. The molecule has 4 nitrogen and oxygen atoms in total. The van der Waals surface area contributed by atoms with Crippen LogP contribution in [0.3, 0.4) is 0 Å². The molecule has 1 rings (SSSR count). The normalized spacial score (nSPS) is 10.2. The zero-order chi connectivity index (χ0) is 9.46. The molecule has 0 aliphatic carbocycles. The summed E-state index contributed by atoms with van der Waals surface area (Å²) in [6.45, 7) is 1.56. The Kier molecular flexibility index (Phi) is 2.06. The van der Waals surface area contributed by atoms with E-state index < -0.39 is 0 Å². The summed E-state index contributed by atoms with van der Waals surface area (Å²) in [6, 6.07) is 0. The van der Waals surface area contributed by atoms with E-state index in [1.165, 1.54) is 9.13 Å². The van der Waals surface area contributed by atoms with Crippen LogP contribution in [0.4, 0.5) is 0 Å². The molecule has 0 saturated heterocycles. The molecule has 0 spiro atoms. The number of hydrogen-bond donors (Lipinski definition) is 1. The summed E-state index contributed by atoms with van der Waals surface area (Å²) in [5.41, 5.74) is 0.0594. The third-order valence-corrected chi connectivity index (χ3v) is 2.40. The molecule has 0 saturated carbocycles. The molecule has 0 bridgehead atoms. The predicted octanol–water partition coefficient (Wildman–Crippen LogP) is 0.467. The van der Waals surface area contributed by atoms with Gasteiger partial charge < -0.3 is 5.11 Å². The maximum absolute atomic E-state index is 11.3. The predicted molar refractivity (Wildman–Crippen MR) is 47.9 cm³/mol. The lowest BCUT2D eigenvalue weighted by Gasteiger charge is -2.08. The van der Waals surface area contributed by atoms with Crippen LogP contribution in [-0.4, -0.2) is 14.2 Å². The highest BCUT2D eigenvalue weighted by molar-refractivity contribution is 7.71. The maximum atomic E-state index is 11.3. The third kappa shape index (κ3) is 1.06. The lowest BCUT2D eigenvalue weighted by molar-refractivity contribution is 0.410. The van der Waals surface area contributed by atoms with Crippen molar-refractivity contribution in [1.82, 2.24) is 9.13 Å². The van der Waals surface area contributed by atoms with E-state index in [9.17, 15) is 9.90 Å². The van der Waals surface area contributed by atoms with Crippen molar-refractivity contribution in [3.8, 4) is 5.88 Å². The molecule has 1 aromatic heterocycles. The molecule has 0 amide bonds. The molecule has 0 fully saturated rings. The van der Waals surface area contributed by atoms with Crippen LogP contribution in [-0.2, 0) is 14.1 Å². The van der Waals surface area contributed by atoms with Crippen LogP contribution in [0.25, 0.3) is 0 Å². The van der Waals surface area contributed by atoms with Gasteiger partial charge in [-0.3, -0.25) is 13.9 Å². The van der Waals surface area contributed by atoms with E-state index in [-0.39, 0.29) is 11.4 Å². The summed E-state index contributed by atoms with van der Waals surface area (Å²) in [4.78, 5) is 11.3. The minimum absolute atomic E-state index is 0.0666. The van der Waals surface area contributed by atoms with Crippen molar-refractivity contribution in [3.05, 3.63) is 20.7 Å². The number of aromatic hydroxyl groups is 1. The summed E-state index contributed by atoms with van der Waals surface area (Å²) in [5.74, 6) is -0.0666. The lowest BCUT2D eigenvalue weighted by atomic mass is 10.3. The third-order valence-electron chi connectivity index (χ3n) is 1.85. The van der Waals surface area contributed by atoms with Gasteiger partial charge in [0.05, 0.1) is 5.56 Å². The first kappa shape index (κ1) is 8.99. The van der Waals surface area contributed by atoms with Crippen LogP contribution in [0.15, 0.2) is 4.79 Å². The van der Waals surface area contributed by atoms with Gasteiger partial charge >= 0.3 is 0 Å². The highest BCUT2D eigenvalue weighted by Crippen LogP contribution is 2.09. The highest BCUT2D eigenvalue weighted by Gasteiger charge is 2.07. The van der Waals surface area contributed by atoms with Crippen molar-refractivity contribution in [2.75, 3.05) is 0 Å². The smallest absolute Gasteiger partial charge is 0.260 e. The number of rotatable bonds is 0. The van der Waals surface area contributed by atoms with E-state index in [1.807, 2.05) is 0 Å². The highest BCUT2D eigenvalue weighted by atomic mass is 32.1. The summed E-state index contributed by atoms with van der Waals surface area (Å²) in [7, 11) is 3.20. The topological polar surface area (TPSA) is 47.2 Å². The van der Waals surface area contributed by atoms with Crippen molar-refractivity contribution in [3.63, 3.8) is 0 Å². The summed E-state index contributed by atoms with van der Waals surface area (Å²) in [5, 5.41) is 9.38.